The number of aromatic nitrogens is 1. The first-order valence-corrected chi connectivity index (χ1v) is 6.73. The SMILES string of the molecule is COc1ccc(CCC(=O)Nc2cc(C)ccn2)cc1N. The number of nitrogens with two attached hydrogens (primary N) is 1. The first-order chi connectivity index (χ1) is 10.1. The Hall–Kier alpha value is -2.56. The van der Waals surface area contributed by atoms with Crippen molar-refractivity contribution in [3.8, 4) is 5.75 Å². The van der Waals surface area contributed by atoms with Crippen LogP contribution in [0.4, 0.5) is 11.5 Å². The highest BCUT2D eigenvalue weighted by Crippen LogP contribution is 2.22. The molecule has 2 aromatic rings. The van der Waals surface area contributed by atoms with Crippen LogP contribution in [-0.4, -0.2) is 18.0 Å². The molecule has 1 amide bonds. The summed E-state index contributed by atoms with van der Waals surface area (Å²) in [6.45, 7) is 1.96. The van der Waals surface area contributed by atoms with Crippen molar-refractivity contribution in [3.05, 3.63) is 47.7 Å². The fourth-order valence-corrected chi connectivity index (χ4v) is 2.01. The first kappa shape index (κ1) is 14.8. The van der Waals surface area contributed by atoms with Crippen LogP contribution in [0.3, 0.4) is 0 Å². The molecule has 3 N–H and O–H groups in total. The molecule has 1 aromatic carbocycles. The molecule has 110 valence electrons. The Morgan fingerprint density at radius 1 is 1.33 bits per heavy atom. The smallest absolute Gasteiger partial charge is 0.225 e. The third-order valence-electron chi connectivity index (χ3n) is 3.12. The lowest BCUT2D eigenvalue weighted by Crippen LogP contribution is -2.13. The van der Waals surface area contributed by atoms with E-state index >= 15 is 0 Å². The molecule has 0 saturated heterocycles. The summed E-state index contributed by atoms with van der Waals surface area (Å²) in [5.41, 5.74) is 8.48. The maximum Gasteiger partial charge on any atom is 0.225 e. The van der Waals surface area contributed by atoms with Gasteiger partial charge in [-0.1, -0.05) is 6.07 Å². The molecule has 0 bridgehead atoms. The molecule has 0 spiro atoms. The van der Waals surface area contributed by atoms with Crippen LogP contribution in [0.25, 0.3) is 0 Å². The second-order valence-electron chi connectivity index (χ2n) is 4.84. The summed E-state index contributed by atoms with van der Waals surface area (Å²) >= 11 is 0. The van der Waals surface area contributed by atoms with E-state index in [4.69, 9.17) is 10.5 Å². The number of pyridine rings is 1. The Labute approximate surface area is 124 Å². The second kappa shape index (κ2) is 6.74. The summed E-state index contributed by atoms with van der Waals surface area (Å²) in [7, 11) is 1.58. The predicted molar refractivity (Wildman–Crippen MR) is 83.3 cm³/mol. The van der Waals surface area contributed by atoms with Crippen LogP contribution in [0.5, 0.6) is 5.75 Å². The van der Waals surface area contributed by atoms with Gasteiger partial charge in [-0.05, 0) is 48.7 Å². The molecule has 5 nitrogen and oxygen atoms in total. The Bertz CT molecular complexity index is 641. The Morgan fingerprint density at radius 2 is 2.14 bits per heavy atom. The number of carbonyl (C=O) groups is 1. The van der Waals surface area contributed by atoms with E-state index in [-0.39, 0.29) is 5.91 Å². The number of benzene rings is 1. The standard InChI is InChI=1S/C16H19N3O2/c1-11-7-8-18-15(9-11)19-16(20)6-4-12-3-5-14(21-2)13(17)10-12/h3,5,7-10H,4,6,17H2,1-2H3,(H,18,19,20). The third kappa shape index (κ3) is 4.21. The largest absolute Gasteiger partial charge is 0.495 e. The maximum atomic E-state index is 11.9. The van der Waals surface area contributed by atoms with Gasteiger partial charge in [0.1, 0.15) is 11.6 Å². The van der Waals surface area contributed by atoms with E-state index in [1.807, 2.05) is 37.3 Å². The number of amides is 1. The molecule has 0 aliphatic rings. The number of anilines is 2. The van der Waals surface area contributed by atoms with E-state index in [1.165, 1.54) is 0 Å². The molecule has 21 heavy (non-hydrogen) atoms. The number of methoxy groups -OCH3 is 1. The highest BCUT2D eigenvalue weighted by atomic mass is 16.5. The lowest BCUT2D eigenvalue weighted by atomic mass is 10.1. The van der Waals surface area contributed by atoms with Crippen LogP contribution in [-0.2, 0) is 11.2 Å². The number of carbonyl (C=O) groups excluding carboxylic acids is 1. The quantitative estimate of drug-likeness (QED) is 0.828. The lowest BCUT2D eigenvalue weighted by molar-refractivity contribution is -0.116. The number of rotatable bonds is 5. The van der Waals surface area contributed by atoms with Crippen LogP contribution in [0.2, 0.25) is 0 Å². The Balaban J connectivity index is 1.90. The van der Waals surface area contributed by atoms with Gasteiger partial charge >= 0.3 is 0 Å². The van der Waals surface area contributed by atoms with Gasteiger partial charge in [-0.3, -0.25) is 4.79 Å². The average molecular weight is 285 g/mol. The third-order valence-corrected chi connectivity index (χ3v) is 3.12. The highest BCUT2D eigenvalue weighted by Gasteiger charge is 2.06. The van der Waals surface area contributed by atoms with E-state index < -0.39 is 0 Å². The lowest BCUT2D eigenvalue weighted by Gasteiger charge is -2.08. The van der Waals surface area contributed by atoms with Crippen LogP contribution in [0.1, 0.15) is 17.5 Å². The zero-order chi connectivity index (χ0) is 15.2. The molecule has 5 heteroatoms. The predicted octanol–water partition coefficient (Wildman–Crippen LogP) is 2.55. The fraction of sp³-hybridized carbons (Fsp3) is 0.250. The zero-order valence-corrected chi connectivity index (χ0v) is 12.2. The molecule has 1 aromatic heterocycles. The fourth-order valence-electron chi connectivity index (χ4n) is 2.01. The van der Waals surface area contributed by atoms with Crippen molar-refractivity contribution in [1.29, 1.82) is 0 Å². The van der Waals surface area contributed by atoms with Crippen molar-refractivity contribution in [1.82, 2.24) is 4.98 Å². The van der Waals surface area contributed by atoms with Gasteiger partial charge in [0.15, 0.2) is 0 Å². The number of ether oxygens (including phenoxy) is 1. The Morgan fingerprint density at radius 3 is 2.81 bits per heavy atom. The summed E-state index contributed by atoms with van der Waals surface area (Å²) in [6, 6.07) is 9.27. The van der Waals surface area contributed by atoms with E-state index in [1.54, 1.807) is 13.3 Å². The van der Waals surface area contributed by atoms with Crippen molar-refractivity contribution in [3.63, 3.8) is 0 Å². The molecule has 0 atom stereocenters. The van der Waals surface area contributed by atoms with Gasteiger partial charge in [0.2, 0.25) is 5.91 Å². The molecular formula is C16H19N3O2. The molecule has 0 fully saturated rings. The molecule has 0 aliphatic carbocycles. The van der Waals surface area contributed by atoms with Crippen molar-refractivity contribution in [2.45, 2.75) is 19.8 Å². The van der Waals surface area contributed by atoms with Crippen molar-refractivity contribution in [2.24, 2.45) is 0 Å². The zero-order valence-electron chi connectivity index (χ0n) is 12.2. The van der Waals surface area contributed by atoms with Crippen LogP contribution in [0, 0.1) is 6.92 Å². The van der Waals surface area contributed by atoms with E-state index in [9.17, 15) is 4.79 Å². The summed E-state index contributed by atoms with van der Waals surface area (Å²) < 4.78 is 5.10. The summed E-state index contributed by atoms with van der Waals surface area (Å²) in [4.78, 5) is 16.0. The number of nitrogens with zero attached hydrogens (tertiary/aromatic N) is 1. The molecule has 0 radical (unpaired) electrons. The molecule has 2 rings (SSSR count). The molecule has 1 heterocycles. The molecule has 0 unspecified atom stereocenters. The van der Waals surface area contributed by atoms with Crippen molar-refractivity contribution >= 4 is 17.4 Å². The summed E-state index contributed by atoms with van der Waals surface area (Å²) in [5.74, 6) is 1.16. The minimum atomic E-state index is -0.0671. The number of aryl methyl sites for hydroxylation is 2. The van der Waals surface area contributed by atoms with Crippen molar-refractivity contribution < 1.29 is 9.53 Å². The number of hydrogen-bond acceptors (Lipinski definition) is 4. The van der Waals surface area contributed by atoms with Gasteiger partial charge in [0.05, 0.1) is 12.8 Å². The van der Waals surface area contributed by atoms with Crippen LogP contribution in [0.15, 0.2) is 36.5 Å². The highest BCUT2D eigenvalue weighted by molar-refractivity contribution is 5.89. The molecule has 0 saturated carbocycles. The second-order valence-corrected chi connectivity index (χ2v) is 4.84. The van der Waals surface area contributed by atoms with Gasteiger partial charge in [0.25, 0.3) is 0 Å². The topological polar surface area (TPSA) is 77.2 Å². The van der Waals surface area contributed by atoms with Gasteiger partial charge in [-0.2, -0.15) is 0 Å². The van der Waals surface area contributed by atoms with Gasteiger partial charge in [-0.25, -0.2) is 4.98 Å². The van der Waals surface area contributed by atoms with Gasteiger partial charge in [-0.15, -0.1) is 0 Å². The molecular weight excluding hydrogens is 266 g/mol. The number of nitrogens with one attached hydrogen (secondary N) is 1. The van der Waals surface area contributed by atoms with Gasteiger partial charge in [0, 0.05) is 12.6 Å². The number of nitrogen functional groups attached to an aromatic ring is 1. The van der Waals surface area contributed by atoms with Crippen LogP contribution < -0.4 is 15.8 Å². The minimum Gasteiger partial charge on any atom is -0.495 e. The summed E-state index contributed by atoms with van der Waals surface area (Å²) in [5, 5.41) is 2.78. The Kier molecular flexibility index (Phi) is 4.77. The van der Waals surface area contributed by atoms with Gasteiger partial charge < -0.3 is 15.8 Å². The monoisotopic (exact) mass is 285 g/mol. The van der Waals surface area contributed by atoms with E-state index in [2.05, 4.69) is 10.3 Å². The van der Waals surface area contributed by atoms with E-state index in [0.29, 0.717) is 30.1 Å². The molecule has 0 aliphatic heterocycles. The number of hydrogen-bond donors (Lipinski definition) is 2. The average Bonchev–Trinajstić information content (AvgIpc) is 2.45. The minimum absolute atomic E-state index is 0.0671. The first-order valence-electron chi connectivity index (χ1n) is 6.73. The van der Waals surface area contributed by atoms with E-state index in [0.717, 1.165) is 11.1 Å². The maximum absolute atomic E-state index is 11.9. The van der Waals surface area contributed by atoms with Crippen LogP contribution >= 0.6 is 0 Å². The normalized spacial score (nSPS) is 10.2. The summed E-state index contributed by atoms with van der Waals surface area (Å²) in [6.07, 6.45) is 2.67. The van der Waals surface area contributed by atoms with Crippen molar-refractivity contribution in [2.75, 3.05) is 18.2 Å².